The van der Waals surface area contributed by atoms with E-state index < -0.39 is 23.6 Å². The molecule has 0 radical (unpaired) electrons. The third-order valence-corrected chi connectivity index (χ3v) is 8.85. The zero-order valence-corrected chi connectivity index (χ0v) is 25.1. The first-order valence-corrected chi connectivity index (χ1v) is 15.3. The minimum Gasteiger partial charge on any atom is -0.375 e. The standard InChI is InChI=1S/C31H31F2N7O3S/c1-4-24(42)38-11-13-39(14-12-38)29-18-16-20(33)27-25-19(32)6-5-7-21(25)35-23(41)9-15-44-22-8-10-34-26(17(2)3)28(22)40(30(18)36-27)31(43)37-29/h4-8,10,16-17,24,42H,1,9,11-15H2,2-3H3,(H,35,41). The van der Waals surface area contributed by atoms with E-state index in [4.69, 9.17) is 0 Å². The summed E-state index contributed by atoms with van der Waals surface area (Å²) in [6.07, 6.45) is 2.36. The van der Waals surface area contributed by atoms with Crippen molar-refractivity contribution in [1.29, 1.82) is 0 Å². The Hall–Kier alpha value is -4.20. The molecule has 2 N–H and O–H groups in total. The fraction of sp³-hybridized carbons (Fsp3) is 0.323. The van der Waals surface area contributed by atoms with E-state index in [0.717, 1.165) is 0 Å². The Morgan fingerprint density at radius 1 is 1.09 bits per heavy atom. The molecular weight excluding hydrogens is 588 g/mol. The number of nitrogens with one attached hydrogen (secondary N) is 1. The van der Waals surface area contributed by atoms with Gasteiger partial charge in [-0.3, -0.25) is 14.7 Å². The molecule has 0 spiro atoms. The number of thioether (sulfide) groups is 1. The van der Waals surface area contributed by atoms with Gasteiger partial charge in [0.15, 0.2) is 11.5 Å². The number of hydrogen-bond acceptors (Lipinski definition) is 9. The van der Waals surface area contributed by atoms with Gasteiger partial charge in [-0.15, -0.1) is 11.8 Å². The molecule has 5 heterocycles. The van der Waals surface area contributed by atoms with E-state index in [1.807, 2.05) is 23.6 Å². The molecule has 1 amide bonds. The molecule has 2 bridgehead atoms. The van der Waals surface area contributed by atoms with Crippen LogP contribution in [0.2, 0.25) is 0 Å². The van der Waals surface area contributed by atoms with Crippen molar-refractivity contribution in [2.24, 2.45) is 0 Å². The summed E-state index contributed by atoms with van der Waals surface area (Å²) in [4.78, 5) is 45.1. The lowest BCUT2D eigenvalue weighted by Crippen LogP contribution is -2.50. The van der Waals surface area contributed by atoms with Crippen molar-refractivity contribution in [3.63, 3.8) is 0 Å². The number of piperazine rings is 1. The number of amides is 1. The van der Waals surface area contributed by atoms with Crippen LogP contribution in [0.4, 0.5) is 20.3 Å². The maximum Gasteiger partial charge on any atom is 0.355 e. The minimum absolute atomic E-state index is 0.0760. The number of pyridine rings is 2. The lowest BCUT2D eigenvalue weighted by atomic mass is 10.1. The van der Waals surface area contributed by atoms with Crippen LogP contribution < -0.4 is 15.9 Å². The topological polar surface area (TPSA) is 116 Å². The quantitative estimate of drug-likeness (QED) is 0.323. The van der Waals surface area contributed by atoms with Crippen molar-refractivity contribution in [3.05, 3.63) is 77.0 Å². The lowest BCUT2D eigenvalue weighted by Gasteiger charge is -2.37. The fourth-order valence-electron chi connectivity index (χ4n) is 5.62. The second kappa shape index (κ2) is 12.1. The zero-order valence-electron chi connectivity index (χ0n) is 24.3. The van der Waals surface area contributed by atoms with Gasteiger partial charge in [-0.2, -0.15) is 4.98 Å². The molecule has 228 valence electrons. The van der Waals surface area contributed by atoms with E-state index in [0.29, 0.717) is 48.2 Å². The maximum atomic E-state index is 16.1. The minimum atomic E-state index is -0.841. The van der Waals surface area contributed by atoms with Crippen LogP contribution in [0.5, 0.6) is 0 Å². The van der Waals surface area contributed by atoms with Crippen molar-refractivity contribution in [1.82, 2.24) is 24.4 Å². The molecule has 0 aliphatic carbocycles. The summed E-state index contributed by atoms with van der Waals surface area (Å²) in [7, 11) is 0. The van der Waals surface area contributed by atoms with Gasteiger partial charge in [0.05, 0.1) is 28.0 Å². The van der Waals surface area contributed by atoms with Crippen LogP contribution in [0.25, 0.3) is 28.0 Å². The Labute approximate surface area is 256 Å². The molecule has 6 rings (SSSR count). The van der Waals surface area contributed by atoms with E-state index in [2.05, 4.69) is 26.8 Å². The number of aromatic nitrogens is 4. The average Bonchev–Trinajstić information content (AvgIpc) is 3.01. The number of fused-ring (bicyclic) bond motifs is 5. The van der Waals surface area contributed by atoms with Crippen LogP contribution in [0.15, 0.2) is 58.9 Å². The van der Waals surface area contributed by atoms with Gasteiger partial charge < -0.3 is 15.3 Å². The Morgan fingerprint density at radius 3 is 2.59 bits per heavy atom. The number of aliphatic hydroxyl groups is 1. The number of anilines is 2. The molecule has 13 heteroatoms. The van der Waals surface area contributed by atoms with Gasteiger partial charge in [0.1, 0.15) is 23.6 Å². The van der Waals surface area contributed by atoms with Crippen LogP contribution in [-0.2, 0) is 4.79 Å². The predicted octanol–water partition coefficient (Wildman–Crippen LogP) is 4.31. The summed E-state index contributed by atoms with van der Waals surface area (Å²) in [5.41, 5.74) is -0.0163. The van der Waals surface area contributed by atoms with Gasteiger partial charge in [0, 0.05) is 49.4 Å². The SMILES string of the molecule is C=CC(O)N1CCN(c2nc(=O)n3c4nc(c(F)cc24)-c2c(F)cccc2NC(=O)CCSc2ccnc(C(C)C)c2-3)CC1. The van der Waals surface area contributed by atoms with E-state index in [1.165, 1.54) is 46.7 Å². The molecule has 2 aliphatic heterocycles. The first-order chi connectivity index (χ1) is 21.2. The number of halogens is 2. The molecule has 2 aliphatic rings. The number of aliphatic hydroxyl groups excluding tert-OH is 1. The smallest absolute Gasteiger partial charge is 0.355 e. The third kappa shape index (κ3) is 5.35. The highest BCUT2D eigenvalue weighted by Crippen LogP contribution is 2.38. The normalized spacial score (nSPS) is 16.5. The number of hydrogen-bond donors (Lipinski definition) is 2. The number of rotatable bonds is 4. The average molecular weight is 620 g/mol. The summed E-state index contributed by atoms with van der Waals surface area (Å²) in [5, 5.41) is 13.2. The van der Waals surface area contributed by atoms with Gasteiger partial charge in [0.2, 0.25) is 5.91 Å². The van der Waals surface area contributed by atoms with Crippen molar-refractivity contribution in [2.75, 3.05) is 42.1 Å². The fourth-order valence-corrected chi connectivity index (χ4v) is 6.62. The molecule has 1 unspecified atom stereocenters. The Balaban J connectivity index is 1.67. The first-order valence-electron chi connectivity index (χ1n) is 14.3. The molecule has 3 aromatic heterocycles. The lowest BCUT2D eigenvalue weighted by molar-refractivity contribution is -0.115. The Kier molecular flexibility index (Phi) is 8.18. The van der Waals surface area contributed by atoms with Crippen molar-refractivity contribution < 1.29 is 18.7 Å². The number of benzene rings is 1. The largest absolute Gasteiger partial charge is 0.375 e. The Morgan fingerprint density at radius 2 is 1.86 bits per heavy atom. The van der Waals surface area contributed by atoms with Gasteiger partial charge in [-0.05, 0) is 36.3 Å². The van der Waals surface area contributed by atoms with Gasteiger partial charge >= 0.3 is 5.69 Å². The molecule has 1 fully saturated rings. The zero-order chi connectivity index (χ0) is 31.1. The highest BCUT2D eigenvalue weighted by molar-refractivity contribution is 7.99. The van der Waals surface area contributed by atoms with Gasteiger partial charge in [-0.1, -0.05) is 26.5 Å². The molecule has 44 heavy (non-hydrogen) atoms. The van der Waals surface area contributed by atoms with Crippen LogP contribution in [0.3, 0.4) is 0 Å². The van der Waals surface area contributed by atoms with Gasteiger partial charge in [-0.25, -0.2) is 23.1 Å². The van der Waals surface area contributed by atoms with Crippen molar-refractivity contribution in [2.45, 2.75) is 37.3 Å². The molecule has 4 aromatic rings. The Bertz CT molecular complexity index is 1840. The summed E-state index contributed by atoms with van der Waals surface area (Å²) in [6, 6.07) is 7.07. The summed E-state index contributed by atoms with van der Waals surface area (Å²) in [6.45, 7) is 9.23. The van der Waals surface area contributed by atoms with E-state index in [-0.39, 0.29) is 52.0 Å². The van der Waals surface area contributed by atoms with Crippen LogP contribution in [0, 0.1) is 11.6 Å². The van der Waals surface area contributed by atoms with Crippen molar-refractivity contribution >= 4 is 40.2 Å². The number of nitrogens with zero attached hydrogens (tertiary/aromatic N) is 6. The van der Waals surface area contributed by atoms with E-state index >= 15 is 8.78 Å². The second-order valence-electron chi connectivity index (χ2n) is 10.9. The highest BCUT2D eigenvalue weighted by Gasteiger charge is 2.29. The third-order valence-electron chi connectivity index (χ3n) is 7.80. The second-order valence-corrected chi connectivity index (χ2v) is 12.1. The predicted molar refractivity (Wildman–Crippen MR) is 166 cm³/mol. The van der Waals surface area contributed by atoms with Crippen molar-refractivity contribution in [3.8, 4) is 16.9 Å². The van der Waals surface area contributed by atoms with Crippen LogP contribution >= 0.6 is 11.8 Å². The number of carbonyl (C=O) groups is 1. The molecular formula is C31H31F2N7O3S. The summed E-state index contributed by atoms with van der Waals surface area (Å²) >= 11 is 1.37. The molecule has 1 atom stereocenters. The van der Waals surface area contributed by atoms with Crippen LogP contribution in [-0.4, -0.2) is 73.6 Å². The first kappa shape index (κ1) is 29.9. The van der Waals surface area contributed by atoms with E-state index in [9.17, 15) is 14.7 Å². The molecule has 1 aromatic carbocycles. The molecule has 0 saturated carbocycles. The monoisotopic (exact) mass is 619 g/mol. The maximum absolute atomic E-state index is 16.1. The van der Waals surface area contributed by atoms with Crippen LogP contribution in [0.1, 0.15) is 31.9 Å². The van der Waals surface area contributed by atoms with Gasteiger partial charge in [0.25, 0.3) is 0 Å². The molecule has 10 nitrogen and oxygen atoms in total. The number of carbonyl (C=O) groups excluding carboxylic acids is 1. The highest BCUT2D eigenvalue weighted by atomic mass is 32.2. The molecule has 1 saturated heterocycles. The van der Waals surface area contributed by atoms with E-state index in [1.54, 1.807) is 12.3 Å². The summed E-state index contributed by atoms with van der Waals surface area (Å²) in [5.74, 6) is -1.51. The summed E-state index contributed by atoms with van der Waals surface area (Å²) < 4.78 is 32.9.